The minimum Gasteiger partial charge on any atom is -0.379 e. The van der Waals surface area contributed by atoms with Crippen LogP contribution in [0.5, 0.6) is 0 Å². The number of carbonyl (C=O) groups is 1. The average Bonchev–Trinajstić information content (AvgIpc) is 3.11. The van der Waals surface area contributed by atoms with E-state index < -0.39 is 0 Å². The lowest BCUT2D eigenvalue weighted by Gasteiger charge is -2.48. The molecule has 2 bridgehead atoms. The fourth-order valence-corrected chi connectivity index (χ4v) is 5.16. The van der Waals surface area contributed by atoms with Gasteiger partial charge in [-0.2, -0.15) is 0 Å². The zero-order chi connectivity index (χ0) is 17.2. The van der Waals surface area contributed by atoms with Crippen molar-refractivity contribution in [3.63, 3.8) is 0 Å². The number of morpholine rings is 1. The van der Waals surface area contributed by atoms with Crippen molar-refractivity contribution < 1.29 is 9.53 Å². The second kappa shape index (κ2) is 7.30. The second-order valence-electron chi connectivity index (χ2n) is 8.66. The summed E-state index contributed by atoms with van der Waals surface area (Å²) in [5, 5.41) is 6.71. The second-order valence-corrected chi connectivity index (χ2v) is 8.66. The van der Waals surface area contributed by atoms with Crippen molar-refractivity contribution in [2.75, 3.05) is 45.9 Å². The third-order valence-corrected chi connectivity index (χ3v) is 7.22. The Hall–Kier alpha value is -0.650. The third-order valence-electron chi connectivity index (χ3n) is 7.22. The van der Waals surface area contributed by atoms with Crippen LogP contribution >= 0.6 is 0 Å². The Morgan fingerprint density at radius 3 is 2.54 bits per heavy atom. The van der Waals surface area contributed by atoms with E-state index in [9.17, 15) is 4.79 Å². The fraction of sp³-hybridized carbons (Fsp3) is 0.947. The van der Waals surface area contributed by atoms with Crippen LogP contribution in [-0.2, 0) is 9.53 Å². The zero-order valence-electron chi connectivity index (χ0n) is 15.7. The van der Waals surface area contributed by atoms with Gasteiger partial charge in [-0.15, -0.1) is 0 Å². The van der Waals surface area contributed by atoms with Gasteiger partial charge in [0.2, 0.25) is 5.91 Å². The lowest BCUT2D eigenvalue weighted by Crippen LogP contribution is -2.60. The van der Waals surface area contributed by atoms with Crippen molar-refractivity contribution in [1.82, 2.24) is 15.5 Å². The molecule has 138 valence electrons. The van der Waals surface area contributed by atoms with E-state index in [-0.39, 0.29) is 16.9 Å². The van der Waals surface area contributed by atoms with Gasteiger partial charge in [0.05, 0.1) is 19.8 Å². The van der Waals surface area contributed by atoms with E-state index in [1.807, 2.05) is 0 Å². The molecule has 0 aromatic heterocycles. The molecule has 3 aliphatic rings. The van der Waals surface area contributed by atoms with Crippen LogP contribution in [-0.4, -0.2) is 62.3 Å². The Bertz CT molecular complexity index is 448. The molecule has 0 radical (unpaired) electrons. The summed E-state index contributed by atoms with van der Waals surface area (Å²) < 4.78 is 5.36. The largest absolute Gasteiger partial charge is 0.379 e. The molecule has 1 saturated heterocycles. The monoisotopic (exact) mass is 337 g/mol. The molecule has 2 saturated carbocycles. The maximum Gasteiger partial charge on any atom is 0.234 e. The summed E-state index contributed by atoms with van der Waals surface area (Å²) >= 11 is 0. The molecule has 3 rings (SSSR count). The van der Waals surface area contributed by atoms with Crippen LogP contribution < -0.4 is 10.6 Å². The Kier molecular flexibility index (Phi) is 5.52. The van der Waals surface area contributed by atoms with Crippen LogP contribution in [0.15, 0.2) is 0 Å². The van der Waals surface area contributed by atoms with Gasteiger partial charge in [0.25, 0.3) is 0 Å². The Labute approximate surface area is 146 Å². The van der Waals surface area contributed by atoms with E-state index in [1.54, 1.807) is 0 Å². The van der Waals surface area contributed by atoms with E-state index in [0.29, 0.717) is 12.5 Å². The van der Waals surface area contributed by atoms with Crippen LogP contribution in [0, 0.1) is 17.3 Å². The van der Waals surface area contributed by atoms with Crippen molar-refractivity contribution in [2.24, 2.45) is 17.3 Å². The standard InChI is InChI=1S/C19H35N3O2/c1-18(2)15-5-6-16(13-15)19(18,3)21-17(23)14-20-7-4-8-22-9-11-24-12-10-22/h15-16,20H,4-14H2,1-3H3,(H,21,23)/t15-,16+,19-/m1/s1. The van der Waals surface area contributed by atoms with Crippen LogP contribution in [0.4, 0.5) is 0 Å². The number of hydrogen-bond donors (Lipinski definition) is 2. The van der Waals surface area contributed by atoms with E-state index in [1.165, 1.54) is 19.3 Å². The number of ether oxygens (including phenoxy) is 1. The first-order valence-electron chi connectivity index (χ1n) is 9.75. The van der Waals surface area contributed by atoms with Gasteiger partial charge in [-0.25, -0.2) is 0 Å². The minimum absolute atomic E-state index is 0.0392. The van der Waals surface area contributed by atoms with Crippen LogP contribution in [0.3, 0.4) is 0 Å². The lowest BCUT2D eigenvalue weighted by atomic mass is 9.64. The highest BCUT2D eigenvalue weighted by Gasteiger charge is 2.60. The van der Waals surface area contributed by atoms with E-state index in [2.05, 4.69) is 36.3 Å². The summed E-state index contributed by atoms with van der Waals surface area (Å²) in [7, 11) is 0. The smallest absolute Gasteiger partial charge is 0.234 e. The lowest BCUT2D eigenvalue weighted by molar-refractivity contribution is -0.124. The first-order chi connectivity index (χ1) is 11.4. The molecule has 1 amide bonds. The first kappa shape index (κ1) is 18.2. The molecule has 2 N–H and O–H groups in total. The summed E-state index contributed by atoms with van der Waals surface area (Å²) in [5.74, 6) is 1.58. The van der Waals surface area contributed by atoms with Gasteiger partial charge >= 0.3 is 0 Å². The molecule has 0 spiro atoms. The highest BCUT2D eigenvalue weighted by molar-refractivity contribution is 5.79. The summed E-state index contributed by atoms with van der Waals surface area (Å²) in [4.78, 5) is 14.9. The molecule has 5 nitrogen and oxygen atoms in total. The van der Waals surface area contributed by atoms with E-state index in [4.69, 9.17) is 4.74 Å². The maximum absolute atomic E-state index is 12.4. The summed E-state index contributed by atoms with van der Waals surface area (Å²) in [6.45, 7) is 13.2. The number of amides is 1. The SMILES string of the molecule is CC1(C)[C@@H]2CC[C@@H](C2)[C@@]1(C)NC(=O)CNCCCN1CCOCC1. The predicted molar refractivity (Wildman–Crippen MR) is 95.9 cm³/mol. The number of hydrogen-bond acceptors (Lipinski definition) is 4. The molecule has 3 atom stereocenters. The molecule has 0 aromatic rings. The van der Waals surface area contributed by atoms with E-state index in [0.717, 1.165) is 51.7 Å². The molecule has 24 heavy (non-hydrogen) atoms. The van der Waals surface area contributed by atoms with Crippen molar-refractivity contribution >= 4 is 5.91 Å². The van der Waals surface area contributed by atoms with Gasteiger partial charge in [0, 0.05) is 18.6 Å². The zero-order valence-corrected chi connectivity index (χ0v) is 15.7. The quantitative estimate of drug-likeness (QED) is 0.694. The average molecular weight is 338 g/mol. The number of rotatable bonds is 7. The molecular formula is C19H35N3O2. The van der Waals surface area contributed by atoms with E-state index >= 15 is 0 Å². The summed E-state index contributed by atoms with van der Waals surface area (Å²) in [6.07, 6.45) is 4.98. The topological polar surface area (TPSA) is 53.6 Å². The van der Waals surface area contributed by atoms with Gasteiger partial charge in [-0.1, -0.05) is 13.8 Å². The predicted octanol–water partition coefficient (Wildman–Crippen LogP) is 1.63. The molecule has 3 fully saturated rings. The van der Waals surface area contributed by atoms with Crippen molar-refractivity contribution in [1.29, 1.82) is 0 Å². The molecule has 0 unspecified atom stereocenters. The maximum atomic E-state index is 12.4. The van der Waals surface area contributed by atoms with Gasteiger partial charge in [0.1, 0.15) is 0 Å². The molecule has 1 aliphatic heterocycles. The molecular weight excluding hydrogens is 302 g/mol. The summed E-state index contributed by atoms with van der Waals surface area (Å²) in [6, 6.07) is 0. The molecule has 5 heteroatoms. The van der Waals surface area contributed by atoms with Gasteiger partial charge < -0.3 is 15.4 Å². The van der Waals surface area contributed by atoms with Gasteiger partial charge in [-0.05, 0) is 62.9 Å². The van der Waals surface area contributed by atoms with Gasteiger partial charge in [0.15, 0.2) is 0 Å². The number of fused-ring (bicyclic) bond motifs is 2. The van der Waals surface area contributed by atoms with Crippen molar-refractivity contribution in [2.45, 2.75) is 52.0 Å². The number of nitrogens with one attached hydrogen (secondary N) is 2. The Morgan fingerprint density at radius 2 is 1.88 bits per heavy atom. The van der Waals surface area contributed by atoms with Crippen LogP contribution in [0.25, 0.3) is 0 Å². The van der Waals surface area contributed by atoms with Crippen molar-refractivity contribution in [3.8, 4) is 0 Å². The van der Waals surface area contributed by atoms with Crippen molar-refractivity contribution in [3.05, 3.63) is 0 Å². The highest BCUT2D eigenvalue weighted by Crippen LogP contribution is 2.61. The summed E-state index contributed by atoms with van der Waals surface area (Å²) in [5.41, 5.74) is 0.171. The third kappa shape index (κ3) is 3.49. The number of nitrogens with zero attached hydrogens (tertiary/aromatic N) is 1. The van der Waals surface area contributed by atoms with Crippen LogP contribution in [0.2, 0.25) is 0 Å². The molecule has 0 aromatic carbocycles. The molecule has 2 aliphatic carbocycles. The minimum atomic E-state index is -0.0392. The normalized spacial score (nSPS) is 35.3. The fourth-order valence-electron chi connectivity index (χ4n) is 5.16. The Balaban J connectivity index is 1.35. The molecule has 1 heterocycles. The number of carbonyl (C=O) groups excluding carboxylic acids is 1. The van der Waals surface area contributed by atoms with Gasteiger partial charge in [-0.3, -0.25) is 9.69 Å². The Morgan fingerprint density at radius 1 is 1.17 bits per heavy atom. The van der Waals surface area contributed by atoms with Crippen LogP contribution in [0.1, 0.15) is 46.5 Å². The highest BCUT2D eigenvalue weighted by atomic mass is 16.5. The first-order valence-corrected chi connectivity index (χ1v) is 9.75.